The molecule has 5 nitrogen and oxygen atoms in total. The van der Waals surface area contributed by atoms with E-state index < -0.39 is 0 Å². The van der Waals surface area contributed by atoms with Crippen molar-refractivity contribution in [3.8, 4) is 16.8 Å². The predicted octanol–water partition coefficient (Wildman–Crippen LogP) is 13.2. The minimum Gasteiger partial charge on any atom is -0.456 e. The molecular formula is C51H32N4OS. The Kier molecular flexibility index (Phi) is 7.09. The molecule has 0 bridgehead atoms. The minimum atomic E-state index is -0.276. The number of amidine groups is 2. The van der Waals surface area contributed by atoms with Crippen LogP contribution in [0.4, 0.5) is 0 Å². The fourth-order valence-electron chi connectivity index (χ4n) is 8.66. The topological polar surface area (TPSA) is 54.8 Å². The summed E-state index contributed by atoms with van der Waals surface area (Å²) in [6.45, 7) is 0. The maximum atomic E-state index is 6.55. The number of hydrogen-bond acceptors (Lipinski definition) is 5. The lowest BCUT2D eigenvalue weighted by atomic mass is 9.97. The molecule has 1 atom stereocenters. The van der Waals surface area contributed by atoms with Gasteiger partial charge >= 0.3 is 0 Å². The van der Waals surface area contributed by atoms with Crippen molar-refractivity contribution in [1.29, 1.82) is 0 Å². The number of furan rings is 1. The predicted molar refractivity (Wildman–Crippen MR) is 238 cm³/mol. The first kappa shape index (κ1) is 32.0. The van der Waals surface area contributed by atoms with Gasteiger partial charge in [0, 0.05) is 64.1 Å². The van der Waals surface area contributed by atoms with Gasteiger partial charge in [0.15, 0.2) is 5.84 Å². The van der Waals surface area contributed by atoms with E-state index in [-0.39, 0.29) is 6.17 Å². The molecule has 0 amide bonds. The van der Waals surface area contributed by atoms with E-state index in [0.29, 0.717) is 5.84 Å². The van der Waals surface area contributed by atoms with Crippen LogP contribution >= 0.6 is 11.3 Å². The highest BCUT2D eigenvalue weighted by Gasteiger charge is 2.23. The van der Waals surface area contributed by atoms with Gasteiger partial charge in [0.1, 0.15) is 23.2 Å². The van der Waals surface area contributed by atoms with Crippen LogP contribution in [0.3, 0.4) is 0 Å². The Bertz CT molecular complexity index is 3390. The van der Waals surface area contributed by atoms with Gasteiger partial charge in [-0.15, -0.1) is 11.3 Å². The van der Waals surface area contributed by atoms with Crippen molar-refractivity contribution >= 4 is 86.9 Å². The fraction of sp³-hybridized carbons (Fsp3) is 0.0196. The van der Waals surface area contributed by atoms with Gasteiger partial charge in [0.2, 0.25) is 0 Å². The number of hydrogen-bond donors (Lipinski definition) is 1. The minimum absolute atomic E-state index is 0.276. The number of aromatic nitrogens is 1. The third kappa shape index (κ3) is 5.08. The van der Waals surface area contributed by atoms with Crippen LogP contribution in [0.15, 0.2) is 196 Å². The molecule has 268 valence electrons. The normalized spacial score (nSPS) is 14.5. The van der Waals surface area contributed by atoms with Gasteiger partial charge < -0.3 is 14.3 Å². The molecule has 0 saturated carbocycles. The summed E-state index contributed by atoms with van der Waals surface area (Å²) in [5.74, 6) is 1.48. The lowest BCUT2D eigenvalue weighted by Crippen LogP contribution is -2.33. The molecule has 0 radical (unpaired) electrons. The van der Waals surface area contributed by atoms with E-state index in [1.54, 1.807) is 0 Å². The van der Waals surface area contributed by atoms with Crippen molar-refractivity contribution in [1.82, 2.24) is 9.88 Å². The largest absolute Gasteiger partial charge is 0.456 e. The van der Waals surface area contributed by atoms with Gasteiger partial charge in [0.05, 0.1) is 11.0 Å². The maximum absolute atomic E-state index is 6.55. The number of aliphatic imine (C=N–C) groups is 2. The van der Waals surface area contributed by atoms with E-state index in [1.807, 2.05) is 47.7 Å². The second-order valence-electron chi connectivity index (χ2n) is 14.6. The standard InChI is InChI=1S/C51H32N4OS/c1-3-13-31(14-4-1)49-52-50(32-15-5-2-6-16-32)54-51(53-49)33-25-28-44-41(29-33)47-38(19-12-24-45(47)56-44)40-21-11-20-39-37-27-26-34(30-46(37)57-48(39)40)55-42-22-9-7-17-35(42)36-18-8-10-23-43(36)55/h1-30,49H,(H,52,53,54). The summed E-state index contributed by atoms with van der Waals surface area (Å²) in [6.07, 6.45) is -0.276. The molecule has 4 heterocycles. The van der Waals surface area contributed by atoms with Gasteiger partial charge in [-0.3, -0.25) is 0 Å². The number of nitrogens with zero attached hydrogens (tertiary/aromatic N) is 3. The number of benzene rings is 8. The zero-order valence-electron chi connectivity index (χ0n) is 30.6. The van der Waals surface area contributed by atoms with Crippen LogP contribution in [-0.4, -0.2) is 16.2 Å². The Morgan fingerprint density at radius 1 is 0.526 bits per heavy atom. The van der Waals surface area contributed by atoms with Crippen LogP contribution in [0.25, 0.3) is 80.7 Å². The third-order valence-electron chi connectivity index (χ3n) is 11.3. The molecule has 11 aromatic rings. The Morgan fingerprint density at radius 2 is 1.23 bits per heavy atom. The highest BCUT2D eigenvalue weighted by molar-refractivity contribution is 7.26. The first-order valence-electron chi connectivity index (χ1n) is 19.2. The monoisotopic (exact) mass is 748 g/mol. The number of nitrogens with one attached hydrogen (secondary N) is 1. The van der Waals surface area contributed by atoms with Crippen LogP contribution in [-0.2, 0) is 0 Å². The highest BCUT2D eigenvalue weighted by Crippen LogP contribution is 2.45. The molecule has 1 aliphatic heterocycles. The van der Waals surface area contributed by atoms with Crippen molar-refractivity contribution < 1.29 is 4.42 Å². The summed E-state index contributed by atoms with van der Waals surface area (Å²) >= 11 is 1.86. The van der Waals surface area contributed by atoms with Crippen molar-refractivity contribution in [2.45, 2.75) is 6.17 Å². The van der Waals surface area contributed by atoms with Crippen LogP contribution < -0.4 is 5.32 Å². The molecule has 12 rings (SSSR count). The molecule has 0 fully saturated rings. The summed E-state index contributed by atoms with van der Waals surface area (Å²) in [5.41, 5.74) is 10.7. The van der Waals surface area contributed by atoms with E-state index in [4.69, 9.17) is 14.4 Å². The molecule has 3 aromatic heterocycles. The van der Waals surface area contributed by atoms with Gasteiger partial charge in [-0.1, -0.05) is 133 Å². The number of para-hydroxylation sites is 2. The van der Waals surface area contributed by atoms with E-state index >= 15 is 0 Å². The molecule has 0 spiro atoms. The Morgan fingerprint density at radius 3 is 2.04 bits per heavy atom. The summed E-state index contributed by atoms with van der Waals surface area (Å²) in [7, 11) is 0. The number of rotatable bonds is 5. The summed E-state index contributed by atoms with van der Waals surface area (Å²) in [6, 6.07) is 64.3. The average Bonchev–Trinajstić information content (AvgIpc) is 3.96. The van der Waals surface area contributed by atoms with Crippen LogP contribution in [0, 0.1) is 0 Å². The summed E-state index contributed by atoms with van der Waals surface area (Å²) < 4.78 is 11.5. The SMILES string of the molecule is c1ccc(C2=NC(c3ccccc3)NC(c3ccc4oc5cccc(-c6cccc7c6sc6cc(-n8c9ccccc9c9ccccc98)ccc67)c5c4c3)=N2)cc1. The van der Waals surface area contributed by atoms with Gasteiger partial charge in [-0.05, 0) is 59.7 Å². The van der Waals surface area contributed by atoms with Crippen molar-refractivity contribution in [3.63, 3.8) is 0 Å². The molecule has 0 saturated heterocycles. The van der Waals surface area contributed by atoms with Gasteiger partial charge in [-0.25, -0.2) is 9.98 Å². The van der Waals surface area contributed by atoms with Gasteiger partial charge in [0.25, 0.3) is 0 Å². The number of thiophene rings is 1. The second kappa shape index (κ2) is 12.6. The van der Waals surface area contributed by atoms with E-state index in [9.17, 15) is 0 Å². The lowest BCUT2D eigenvalue weighted by molar-refractivity contribution is 0.668. The smallest absolute Gasteiger partial charge is 0.159 e. The first-order valence-corrected chi connectivity index (χ1v) is 20.0. The van der Waals surface area contributed by atoms with Gasteiger partial charge in [-0.2, -0.15) is 0 Å². The van der Waals surface area contributed by atoms with Crippen molar-refractivity contribution in [2.75, 3.05) is 0 Å². The molecule has 0 aliphatic carbocycles. The van der Waals surface area contributed by atoms with Crippen LogP contribution in [0.5, 0.6) is 0 Å². The van der Waals surface area contributed by atoms with Crippen LogP contribution in [0.2, 0.25) is 0 Å². The molecule has 8 aromatic carbocycles. The van der Waals surface area contributed by atoms with Crippen molar-refractivity contribution in [2.24, 2.45) is 9.98 Å². The second-order valence-corrected chi connectivity index (χ2v) is 15.6. The molecule has 1 aliphatic rings. The maximum Gasteiger partial charge on any atom is 0.159 e. The molecule has 57 heavy (non-hydrogen) atoms. The quantitative estimate of drug-likeness (QED) is 0.191. The summed E-state index contributed by atoms with van der Waals surface area (Å²) in [5, 5.41) is 10.8. The highest BCUT2D eigenvalue weighted by atomic mass is 32.1. The Hall–Kier alpha value is -7.28. The lowest BCUT2D eigenvalue weighted by Gasteiger charge is -2.23. The Labute approximate surface area is 331 Å². The number of fused-ring (bicyclic) bond motifs is 9. The van der Waals surface area contributed by atoms with Crippen LogP contribution in [0.1, 0.15) is 22.9 Å². The van der Waals surface area contributed by atoms with Crippen molar-refractivity contribution in [3.05, 3.63) is 199 Å². The molecule has 1 unspecified atom stereocenters. The average molecular weight is 749 g/mol. The zero-order chi connectivity index (χ0) is 37.5. The molecule has 6 heteroatoms. The van der Waals surface area contributed by atoms with E-state index in [1.165, 1.54) is 47.5 Å². The van der Waals surface area contributed by atoms with E-state index in [2.05, 4.69) is 155 Å². The molecular weight excluding hydrogens is 717 g/mol. The zero-order valence-corrected chi connectivity index (χ0v) is 31.4. The first-order chi connectivity index (χ1) is 28.2. The fourth-order valence-corrected chi connectivity index (χ4v) is 9.92. The van der Waals surface area contributed by atoms with E-state index in [0.717, 1.165) is 55.7 Å². The molecule has 1 N–H and O–H groups in total. The Balaban J connectivity index is 1.01. The third-order valence-corrected chi connectivity index (χ3v) is 12.5. The summed E-state index contributed by atoms with van der Waals surface area (Å²) in [4.78, 5) is 10.1.